The Morgan fingerprint density at radius 1 is 0.450 bits per heavy atom. The van der Waals surface area contributed by atoms with Crippen molar-refractivity contribution in [2.24, 2.45) is 0 Å². The SMILES string of the molecule is Clc1ccc2c(c1)C(c1ccccc1)(c1ccccc1)c1cc(Cl)cc(N(c3ccccc3)c3ccccc3)c1-2. The van der Waals surface area contributed by atoms with Gasteiger partial charge in [-0.25, -0.2) is 0 Å². The molecule has 6 aromatic rings. The van der Waals surface area contributed by atoms with Crippen LogP contribution >= 0.6 is 23.2 Å². The van der Waals surface area contributed by atoms with Gasteiger partial charge in [-0.15, -0.1) is 0 Å². The zero-order valence-corrected chi connectivity index (χ0v) is 23.1. The largest absolute Gasteiger partial charge is 0.310 e. The summed E-state index contributed by atoms with van der Waals surface area (Å²) in [5, 5.41) is 1.39. The van der Waals surface area contributed by atoms with E-state index in [1.54, 1.807) is 0 Å². The highest BCUT2D eigenvalue weighted by Gasteiger charge is 2.47. The molecule has 0 amide bonds. The molecule has 0 fully saturated rings. The van der Waals surface area contributed by atoms with Gasteiger partial charge in [-0.1, -0.05) is 126 Å². The average Bonchev–Trinajstić information content (AvgIpc) is 3.29. The Morgan fingerprint density at radius 3 is 1.45 bits per heavy atom. The van der Waals surface area contributed by atoms with Crippen LogP contribution in [-0.4, -0.2) is 0 Å². The predicted molar refractivity (Wildman–Crippen MR) is 168 cm³/mol. The first-order valence-electron chi connectivity index (χ1n) is 13.3. The molecular formula is C37H25Cl2N. The first-order chi connectivity index (χ1) is 19.7. The summed E-state index contributed by atoms with van der Waals surface area (Å²) < 4.78 is 0. The lowest BCUT2D eigenvalue weighted by molar-refractivity contribution is 0.768. The van der Waals surface area contributed by atoms with Crippen molar-refractivity contribution in [3.05, 3.63) is 184 Å². The lowest BCUT2D eigenvalue weighted by Gasteiger charge is -2.34. The summed E-state index contributed by atoms with van der Waals surface area (Å²) in [6, 6.07) is 52.8. The number of nitrogens with zero attached hydrogens (tertiary/aromatic N) is 1. The maximum Gasteiger partial charge on any atom is 0.0715 e. The third-order valence-electron chi connectivity index (χ3n) is 7.82. The molecule has 6 aromatic carbocycles. The van der Waals surface area contributed by atoms with E-state index < -0.39 is 5.41 Å². The summed E-state index contributed by atoms with van der Waals surface area (Å²) >= 11 is 13.8. The molecule has 1 aliphatic carbocycles. The van der Waals surface area contributed by atoms with Gasteiger partial charge in [-0.2, -0.15) is 0 Å². The van der Waals surface area contributed by atoms with E-state index in [0.29, 0.717) is 10.0 Å². The monoisotopic (exact) mass is 553 g/mol. The van der Waals surface area contributed by atoms with Crippen LogP contribution in [0.15, 0.2) is 152 Å². The van der Waals surface area contributed by atoms with E-state index in [-0.39, 0.29) is 0 Å². The van der Waals surface area contributed by atoms with Crippen molar-refractivity contribution in [3.8, 4) is 11.1 Å². The number of para-hydroxylation sites is 2. The third kappa shape index (κ3) is 3.85. The van der Waals surface area contributed by atoms with E-state index in [9.17, 15) is 0 Å². The summed E-state index contributed by atoms with van der Waals surface area (Å²) in [5.41, 5.74) is 9.47. The van der Waals surface area contributed by atoms with Crippen LogP contribution in [0.2, 0.25) is 10.0 Å². The van der Waals surface area contributed by atoms with Gasteiger partial charge in [0.15, 0.2) is 0 Å². The van der Waals surface area contributed by atoms with Crippen molar-refractivity contribution in [1.82, 2.24) is 0 Å². The summed E-state index contributed by atoms with van der Waals surface area (Å²) in [7, 11) is 0. The van der Waals surface area contributed by atoms with Crippen molar-refractivity contribution in [2.75, 3.05) is 4.90 Å². The van der Waals surface area contributed by atoms with Crippen molar-refractivity contribution >= 4 is 40.3 Å². The Kier molecular flexibility index (Phi) is 6.20. The lowest BCUT2D eigenvalue weighted by atomic mass is 9.67. The van der Waals surface area contributed by atoms with Crippen LogP contribution in [0.1, 0.15) is 22.3 Å². The van der Waals surface area contributed by atoms with Crippen molar-refractivity contribution in [3.63, 3.8) is 0 Å². The topological polar surface area (TPSA) is 3.24 Å². The van der Waals surface area contributed by atoms with Crippen LogP contribution in [0.25, 0.3) is 11.1 Å². The van der Waals surface area contributed by atoms with Gasteiger partial charge in [-0.3, -0.25) is 0 Å². The van der Waals surface area contributed by atoms with Gasteiger partial charge < -0.3 is 4.90 Å². The van der Waals surface area contributed by atoms with Gasteiger partial charge in [0.05, 0.1) is 11.1 Å². The number of rotatable bonds is 5. The molecule has 0 heterocycles. The number of hydrogen-bond donors (Lipinski definition) is 0. The normalized spacial score (nSPS) is 12.9. The fourth-order valence-corrected chi connectivity index (χ4v) is 6.67. The number of halogens is 2. The Hall–Kier alpha value is -4.30. The summed E-state index contributed by atoms with van der Waals surface area (Å²) in [5.74, 6) is 0. The minimum atomic E-state index is -0.600. The minimum absolute atomic E-state index is 0.600. The molecule has 0 aliphatic heterocycles. The van der Waals surface area contributed by atoms with Gasteiger partial charge in [0.25, 0.3) is 0 Å². The first kappa shape index (κ1) is 24.7. The van der Waals surface area contributed by atoms with Crippen LogP contribution in [0, 0.1) is 0 Å². The highest BCUT2D eigenvalue weighted by atomic mass is 35.5. The third-order valence-corrected chi connectivity index (χ3v) is 8.28. The van der Waals surface area contributed by atoms with Crippen LogP contribution in [0.4, 0.5) is 17.1 Å². The van der Waals surface area contributed by atoms with E-state index in [1.807, 2.05) is 18.2 Å². The maximum absolute atomic E-state index is 7.07. The number of hydrogen-bond acceptors (Lipinski definition) is 1. The van der Waals surface area contributed by atoms with Crippen LogP contribution < -0.4 is 4.90 Å². The van der Waals surface area contributed by atoms with Gasteiger partial charge >= 0.3 is 0 Å². The van der Waals surface area contributed by atoms with Gasteiger partial charge in [0, 0.05) is 27.0 Å². The van der Waals surface area contributed by atoms with Crippen LogP contribution in [0.3, 0.4) is 0 Å². The fraction of sp³-hybridized carbons (Fsp3) is 0.0270. The summed E-state index contributed by atoms with van der Waals surface area (Å²) in [6.07, 6.45) is 0. The molecule has 1 nitrogen and oxygen atoms in total. The van der Waals surface area contributed by atoms with Gasteiger partial charge in [0.1, 0.15) is 0 Å². The predicted octanol–water partition coefficient (Wildman–Crippen LogP) is 10.8. The Bertz CT molecular complexity index is 1720. The van der Waals surface area contributed by atoms with E-state index in [0.717, 1.165) is 39.3 Å². The Morgan fingerprint density at radius 2 is 0.925 bits per heavy atom. The summed E-state index contributed by atoms with van der Waals surface area (Å²) in [6.45, 7) is 0. The molecule has 0 atom stereocenters. The second-order valence-corrected chi connectivity index (χ2v) is 10.9. The molecule has 192 valence electrons. The van der Waals surface area contributed by atoms with Crippen LogP contribution in [0.5, 0.6) is 0 Å². The number of benzene rings is 6. The number of anilines is 3. The molecule has 0 spiro atoms. The second kappa shape index (κ2) is 10.0. The Balaban J connectivity index is 1.64. The molecule has 0 bridgehead atoms. The molecule has 7 rings (SSSR count). The molecule has 1 aliphatic rings. The van der Waals surface area contributed by atoms with E-state index in [1.165, 1.54) is 11.1 Å². The summed E-state index contributed by atoms with van der Waals surface area (Å²) in [4.78, 5) is 2.30. The van der Waals surface area contributed by atoms with E-state index in [4.69, 9.17) is 23.2 Å². The number of fused-ring (bicyclic) bond motifs is 3. The molecule has 0 radical (unpaired) electrons. The molecule has 0 aromatic heterocycles. The molecular weight excluding hydrogens is 529 g/mol. The smallest absolute Gasteiger partial charge is 0.0715 e. The molecule has 3 heteroatoms. The maximum atomic E-state index is 7.07. The van der Waals surface area contributed by atoms with Crippen LogP contribution in [-0.2, 0) is 5.41 Å². The molecule has 0 saturated heterocycles. The zero-order chi connectivity index (χ0) is 27.1. The molecule has 0 N–H and O–H groups in total. The Labute approximate surface area is 244 Å². The highest BCUT2D eigenvalue weighted by Crippen LogP contribution is 2.60. The lowest BCUT2D eigenvalue weighted by Crippen LogP contribution is -2.28. The second-order valence-electron chi connectivity index (χ2n) is 10.0. The first-order valence-corrected chi connectivity index (χ1v) is 14.1. The quantitative estimate of drug-likeness (QED) is 0.205. The average molecular weight is 555 g/mol. The molecule has 0 unspecified atom stereocenters. The standard InChI is InChI=1S/C37H25Cl2N/c38-28-21-22-32-33(23-28)37(26-13-5-1-6-14-26,27-15-7-2-8-16-27)34-24-29(39)25-35(36(32)34)40(30-17-9-3-10-18-30)31-19-11-4-12-20-31/h1-25H. The minimum Gasteiger partial charge on any atom is -0.310 e. The zero-order valence-electron chi connectivity index (χ0n) is 21.6. The van der Waals surface area contributed by atoms with E-state index >= 15 is 0 Å². The van der Waals surface area contributed by atoms with Gasteiger partial charge in [-0.05, 0) is 76.3 Å². The van der Waals surface area contributed by atoms with Crippen molar-refractivity contribution in [1.29, 1.82) is 0 Å². The van der Waals surface area contributed by atoms with Crippen molar-refractivity contribution < 1.29 is 0 Å². The molecule has 40 heavy (non-hydrogen) atoms. The van der Waals surface area contributed by atoms with Crippen molar-refractivity contribution in [2.45, 2.75) is 5.41 Å². The fourth-order valence-electron chi connectivity index (χ4n) is 6.28. The molecule has 0 saturated carbocycles. The van der Waals surface area contributed by atoms with Gasteiger partial charge in [0.2, 0.25) is 0 Å². The highest BCUT2D eigenvalue weighted by molar-refractivity contribution is 6.32. The van der Waals surface area contributed by atoms with E-state index in [2.05, 4.69) is 138 Å².